The minimum Gasteiger partial charge on any atom is -0.475 e. The van der Waals surface area contributed by atoms with E-state index in [1.165, 1.54) is 4.70 Å². The number of aromatic nitrogens is 3. The van der Waals surface area contributed by atoms with Crippen LogP contribution >= 0.6 is 11.3 Å². The van der Waals surface area contributed by atoms with Gasteiger partial charge in [0.2, 0.25) is 0 Å². The lowest BCUT2D eigenvalue weighted by Gasteiger charge is -2.02. The van der Waals surface area contributed by atoms with Gasteiger partial charge >= 0.3 is 5.97 Å². The molecule has 0 radical (unpaired) electrons. The van der Waals surface area contributed by atoms with Crippen LogP contribution in [0.4, 0.5) is 0 Å². The second-order valence-corrected chi connectivity index (χ2v) is 4.79. The van der Waals surface area contributed by atoms with Crippen molar-refractivity contribution in [3.8, 4) is 5.69 Å². The molecule has 3 rings (SSSR count). The molecule has 18 heavy (non-hydrogen) atoms. The van der Waals surface area contributed by atoms with E-state index in [0.717, 1.165) is 11.1 Å². The molecular formula is C12H9N3O2S. The van der Waals surface area contributed by atoms with Crippen LogP contribution in [0.3, 0.4) is 0 Å². The minimum atomic E-state index is -1.12. The van der Waals surface area contributed by atoms with Crippen LogP contribution in [-0.2, 0) is 0 Å². The van der Waals surface area contributed by atoms with Gasteiger partial charge in [-0.15, -0.1) is 16.4 Å². The van der Waals surface area contributed by atoms with E-state index in [0.29, 0.717) is 5.82 Å². The molecule has 2 heterocycles. The number of nitrogens with zero attached hydrogens (tertiary/aromatic N) is 3. The molecule has 2 aromatic heterocycles. The molecule has 0 fully saturated rings. The summed E-state index contributed by atoms with van der Waals surface area (Å²) >= 11 is 1.67. The van der Waals surface area contributed by atoms with Crippen molar-refractivity contribution in [3.63, 3.8) is 0 Å². The molecule has 0 aliphatic carbocycles. The smallest absolute Gasteiger partial charge is 0.375 e. The number of fused-ring (bicyclic) bond motifs is 1. The number of aryl methyl sites for hydroxylation is 1. The maximum absolute atomic E-state index is 10.8. The standard InChI is InChI=1S/C12H9N3O2S/c1-7-13-11(12(16)17)14-15(7)9-2-3-10-8(6-9)4-5-18-10/h2-6H,1H3,(H,16,17). The lowest BCUT2D eigenvalue weighted by Crippen LogP contribution is -2.02. The summed E-state index contributed by atoms with van der Waals surface area (Å²) in [7, 11) is 0. The van der Waals surface area contributed by atoms with Crippen molar-refractivity contribution >= 4 is 27.4 Å². The van der Waals surface area contributed by atoms with E-state index in [9.17, 15) is 4.79 Å². The number of thiophene rings is 1. The normalized spacial score (nSPS) is 10.9. The lowest BCUT2D eigenvalue weighted by atomic mass is 10.2. The Balaban J connectivity index is 2.15. The van der Waals surface area contributed by atoms with Gasteiger partial charge in [-0.2, -0.15) is 0 Å². The molecule has 0 aliphatic heterocycles. The highest BCUT2D eigenvalue weighted by atomic mass is 32.1. The molecule has 5 nitrogen and oxygen atoms in total. The van der Waals surface area contributed by atoms with Gasteiger partial charge in [-0.25, -0.2) is 14.5 Å². The molecule has 0 saturated heterocycles. The molecule has 0 amide bonds. The van der Waals surface area contributed by atoms with Crippen LogP contribution in [0.2, 0.25) is 0 Å². The third-order valence-corrected chi connectivity index (χ3v) is 3.54. The molecular weight excluding hydrogens is 250 g/mol. The molecule has 1 N–H and O–H groups in total. The van der Waals surface area contributed by atoms with Crippen LogP contribution in [0, 0.1) is 6.92 Å². The van der Waals surface area contributed by atoms with Crippen LogP contribution in [0.25, 0.3) is 15.8 Å². The van der Waals surface area contributed by atoms with E-state index in [1.54, 1.807) is 22.9 Å². The van der Waals surface area contributed by atoms with E-state index < -0.39 is 5.97 Å². The van der Waals surface area contributed by atoms with Crippen molar-refractivity contribution < 1.29 is 9.90 Å². The summed E-state index contributed by atoms with van der Waals surface area (Å²) in [5, 5.41) is 16.0. The highest BCUT2D eigenvalue weighted by Gasteiger charge is 2.13. The number of rotatable bonds is 2. The number of carboxylic acids is 1. The fourth-order valence-electron chi connectivity index (χ4n) is 1.81. The number of hydrogen-bond donors (Lipinski definition) is 1. The Bertz CT molecular complexity index is 745. The maximum atomic E-state index is 10.8. The summed E-state index contributed by atoms with van der Waals surface area (Å²) < 4.78 is 2.73. The van der Waals surface area contributed by atoms with Gasteiger partial charge in [-0.3, -0.25) is 0 Å². The molecule has 3 aromatic rings. The van der Waals surface area contributed by atoms with Crippen molar-refractivity contribution in [2.24, 2.45) is 0 Å². The highest BCUT2D eigenvalue weighted by molar-refractivity contribution is 7.17. The first-order chi connectivity index (χ1) is 8.65. The molecule has 0 atom stereocenters. The van der Waals surface area contributed by atoms with Gasteiger partial charge < -0.3 is 5.11 Å². The third-order valence-electron chi connectivity index (χ3n) is 2.64. The average Bonchev–Trinajstić information content (AvgIpc) is 2.93. The zero-order chi connectivity index (χ0) is 12.7. The predicted molar refractivity (Wildman–Crippen MR) is 68.4 cm³/mol. The summed E-state index contributed by atoms with van der Waals surface area (Å²) in [6, 6.07) is 7.90. The number of carboxylic acid groups (broad SMARTS) is 1. The zero-order valence-electron chi connectivity index (χ0n) is 9.49. The van der Waals surface area contributed by atoms with Crippen molar-refractivity contribution in [2.45, 2.75) is 6.92 Å². The minimum absolute atomic E-state index is 0.182. The van der Waals surface area contributed by atoms with Crippen molar-refractivity contribution in [2.75, 3.05) is 0 Å². The molecule has 0 bridgehead atoms. The molecule has 0 saturated carbocycles. The van der Waals surface area contributed by atoms with Crippen LogP contribution in [-0.4, -0.2) is 25.8 Å². The van der Waals surface area contributed by atoms with Crippen LogP contribution in [0.15, 0.2) is 29.6 Å². The number of benzene rings is 1. The quantitative estimate of drug-likeness (QED) is 0.767. The van der Waals surface area contributed by atoms with Crippen LogP contribution in [0.1, 0.15) is 16.4 Å². The number of aromatic carboxylic acids is 1. The Labute approximate surface area is 106 Å². The zero-order valence-corrected chi connectivity index (χ0v) is 10.3. The van der Waals surface area contributed by atoms with Gasteiger partial charge in [-0.1, -0.05) is 0 Å². The van der Waals surface area contributed by atoms with Crippen molar-refractivity contribution in [1.82, 2.24) is 14.8 Å². The predicted octanol–water partition coefficient (Wildman–Crippen LogP) is 2.49. The van der Waals surface area contributed by atoms with E-state index in [2.05, 4.69) is 10.1 Å². The summed E-state index contributed by atoms with van der Waals surface area (Å²) in [4.78, 5) is 14.7. The van der Waals surface area contributed by atoms with Gasteiger partial charge in [0.1, 0.15) is 5.82 Å². The first-order valence-electron chi connectivity index (χ1n) is 5.30. The Morgan fingerprint density at radius 2 is 2.22 bits per heavy atom. The first kappa shape index (κ1) is 10.9. The highest BCUT2D eigenvalue weighted by Crippen LogP contribution is 2.23. The van der Waals surface area contributed by atoms with Gasteiger partial charge in [0, 0.05) is 4.70 Å². The third kappa shape index (κ3) is 1.67. The van der Waals surface area contributed by atoms with Gasteiger partial charge in [0.15, 0.2) is 0 Å². The van der Waals surface area contributed by atoms with E-state index in [4.69, 9.17) is 5.11 Å². The first-order valence-corrected chi connectivity index (χ1v) is 6.18. The fourth-order valence-corrected chi connectivity index (χ4v) is 2.58. The second-order valence-electron chi connectivity index (χ2n) is 3.84. The van der Waals surface area contributed by atoms with Crippen LogP contribution < -0.4 is 0 Å². The SMILES string of the molecule is Cc1nc(C(=O)O)nn1-c1ccc2sccc2c1. The van der Waals surface area contributed by atoms with Gasteiger partial charge in [0.25, 0.3) is 5.82 Å². The molecule has 6 heteroatoms. The van der Waals surface area contributed by atoms with Gasteiger partial charge in [0.05, 0.1) is 5.69 Å². The Kier molecular flexibility index (Phi) is 2.38. The Morgan fingerprint density at radius 3 is 2.94 bits per heavy atom. The summed E-state index contributed by atoms with van der Waals surface area (Å²) in [5.74, 6) is -0.742. The number of carbonyl (C=O) groups is 1. The largest absolute Gasteiger partial charge is 0.475 e. The molecule has 0 unspecified atom stereocenters. The van der Waals surface area contributed by atoms with Crippen molar-refractivity contribution in [1.29, 1.82) is 0 Å². The molecule has 0 aliphatic rings. The topological polar surface area (TPSA) is 68.0 Å². The Morgan fingerprint density at radius 1 is 1.39 bits per heavy atom. The lowest BCUT2D eigenvalue weighted by molar-refractivity contribution is 0.0683. The molecule has 0 spiro atoms. The summed E-state index contributed by atoms with van der Waals surface area (Å²) in [6.45, 7) is 1.73. The van der Waals surface area contributed by atoms with Crippen LogP contribution in [0.5, 0.6) is 0 Å². The molecule has 90 valence electrons. The fraction of sp³-hybridized carbons (Fsp3) is 0.0833. The Hall–Kier alpha value is -2.21. The average molecular weight is 259 g/mol. The van der Waals surface area contributed by atoms with E-state index in [-0.39, 0.29) is 5.82 Å². The summed E-state index contributed by atoms with van der Waals surface area (Å²) in [5.41, 5.74) is 0.818. The maximum Gasteiger partial charge on any atom is 0.375 e. The van der Waals surface area contributed by atoms with Gasteiger partial charge in [-0.05, 0) is 42.0 Å². The molecule has 1 aromatic carbocycles. The summed E-state index contributed by atoms with van der Waals surface area (Å²) in [6.07, 6.45) is 0. The number of hydrogen-bond acceptors (Lipinski definition) is 4. The monoisotopic (exact) mass is 259 g/mol. The van der Waals surface area contributed by atoms with E-state index >= 15 is 0 Å². The van der Waals surface area contributed by atoms with Crippen molar-refractivity contribution in [3.05, 3.63) is 41.3 Å². The van der Waals surface area contributed by atoms with E-state index in [1.807, 2.05) is 29.6 Å². The second kappa shape index (κ2) is 3.92.